The highest BCUT2D eigenvalue weighted by Gasteiger charge is 2.07. The topological polar surface area (TPSA) is 46.5 Å². The Morgan fingerprint density at radius 3 is 2.53 bits per heavy atom. The van der Waals surface area contributed by atoms with Crippen molar-refractivity contribution in [3.05, 3.63) is 41.7 Å². The van der Waals surface area contributed by atoms with E-state index in [-0.39, 0.29) is 5.78 Å². The lowest BCUT2D eigenvalue weighted by Crippen LogP contribution is -2.01. The number of carbonyl (C=O) groups is 1. The normalized spacial score (nSPS) is 11.3. The Hall–Kier alpha value is -1.77. The first-order valence-corrected chi connectivity index (χ1v) is 5.77. The molecule has 3 nitrogen and oxygen atoms in total. The average molecular weight is 234 g/mol. The van der Waals surface area contributed by atoms with Gasteiger partial charge in [-0.15, -0.1) is 0 Å². The molecule has 0 aliphatic heterocycles. The maximum Gasteiger partial charge on any atom is 0.191 e. The number of rotatable bonds is 6. The van der Waals surface area contributed by atoms with E-state index in [9.17, 15) is 4.79 Å². The highest BCUT2D eigenvalue weighted by molar-refractivity contribution is 6.08. The summed E-state index contributed by atoms with van der Waals surface area (Å²) in [6, 6.07) is 6.95. The van der Waals surface area contributed by atoms with Gasteiger partial charge < -0.3 is 9.84 Å². The van der Waals surface area contributed by atoms with Gasteiger partial charge in [0, 0.05) is 11.1 Å². The Morgan fingerprint density at radius 2 is 2.00 bits per heavy atom. The lowest BCUT2D eigenvalue weighted by atomic mass is 10.1. The molecule has 1 rings (SSSR count). The molecule has 0 unspecified atom stereocenters. The minimum Gasteiger partial charge on any atom is -0.515 e. The summed E-state index contributed by atoms with van der Waals surface area (Å²) in [6.07, 6.45) is 2.94. The maximum atomic E-state index is 11.7. The fourth-order valence-electron chi connectivity index (χ4n) is 1.32. The van der Waals surface area contributed by atoms with Crippen LogP contribution in [-0.2, 0) is 0 Å². The SMILES string of the molecule is CCCCOc1ccc(C(=O)/C(C)=C\O)cc1. The molecule has 0 saturated heterocycles. The first kappa shape index (κ1) is 13.3. The van der Waals surface area contributed by atoms with E-state index < -0.39 is 0 Å². The van der Waals surface area contributed by atoms with Crippen LogP contribution >= 0.6 is 0 Å². The van der Waals surface area contributed by atoms with Crippen LogP contribution in [0.15, 0.2) is 36.1 Å². The van der Waals surface area contributed by atoms with Gasteiger partial charge in [0.1, 0.15) is 5.75 Å². The quantitative estimate of drug-likeness (QED) is 0.354. The number of unbranched alkanes of at least 4 members (excludes halogenated alkanes) is 1. The van der Waals surface area contributed by atoms with Crippen molar-refractivity contribution >= 4 is 5.78 Å². The molecule has 0 aliphatic rings. The molecule has 0 fully saturated rings. The number of ether oxygens (including phenoxy) is 1. The number of hydrogen-bond acceptors (Lipinski definition) is 3. The van der Waals surface area contributed by atoms with Crippen molar-refractivity contribution in [2.45, 2.75) is 26.7 Å². The molecule has 1 aromatic rings. The fourth-order valence-corrected chi connectivity index (χ4v) is 1.32. The lowest BCUT2D eigenvalue weighted by Gasteiger charge is -2.06. The minimum atomic E-state index is -0.174. The molecule has 17 heavy (non-hydrogen) atoms. The van der Waals surface area contributed by atoms with Crippen LogP contribution in [-0.4, -0.2) is 17.5 Å². The highest BCUT2D eigenvalue weighted by Crippen LogP contribution is 2.15. The zero-order chi connectivity index (χ0) is 12.7. The van der Waals surface area contributed by atoms with Crippen molar-refractivity contribution in [3.8, 4) is 5.75 Å². The molecule has 0 bridgehead atoms. The van der Waals surface area contributed by atoms with E-state index in [0.29, 0.717) is 17.7 Å². The van der Waals surface area contributed by atoms with E-state index in [2.05, 4.69) is 6.92 Å². The summed E-state index contributed by atoms with van der Waals surface area (Å²) in [4.78, 5) is 11.7. The molecule has 0 aliphatic carbocycles. The zero-order valence-corrected chi connectivity index (χ0v) is 10.3. The summed E-state index contributed by atoms with van der Waals surface area (Å²) >= 11 is 0. The molecule has 0 aromatic heterocycles. The van der Waals surface area contributed by atoms with Gasteiger partial charge in [0.2, 0.25) is 0 Å². The van der Waals surface area contributed by atoms with Gasteiger partial charge in [-0.2, -0.15) is 0 Å². The van der Waals surface area contributed by atoms with Gasteiger partial charge in [-0.05, 0) is 37.6 Å². The van der Waals surface area contributed by atoms with Crippen molar-refractivity contribution in [3.63, 3.8) is 0 Å². The van der Waals surface area contributed by atoms with Gasteiger partial charge in [-0.3, -0.25) is 4.79 Å². The third-order valence-electron chi connectivity index (χ3n) is 2.43. The number of Topliss-reactive ketones (excluding diaryl/α,β-unsaturated/α-hetero) is 1. The number of hydrogen-bond donors (Lipinski definition) is 1. The van der Waals surface area contributed by atoms with Gasteiger partial charge in [0.15, 0.2) is 5.78 Å². The van der Waals surface area contributed by atoms with Gasteiger partial charge >= 0.3 is 0 Å². The third kappa shape index (κ3) is 3.94. The number of aliphatic hydroxyl groups is 1. The molecule has 0 spiro atoms. The van der Waals surface area contributed by atoms with Gasteiger partial charge in [-0.1, -0.05) is 13.3 Å². The number of benzene rings is 1. The predicted molar refractivity (Wildman–Crippen MR) is 67.6 cm³/mol. The van der Waals surface area contributed by atoms with Crippen molar-refractivity contribution in [1.29, 1.82) is 0 Å². The number of allylic oxidation sites excluding steroid dienone is 1. The number of ketones is 1. The van der Waals surface area contributed by atoms with Crippen LogP contribution in [0.3, 0.4) is 0 Å². The van der Waals surface area contributed by atoms with Crippen LogP contribution in [0.2, 0.25) is 0 Å². The Kier molecular flexibility index (Phi) is 5.27. The summed E-state index contributed by atoms with van der Waals surface area (Å²) in [5.41, 5.74) is 0.875. The molecule has 0 atom stereocenters. The number of carbonyl (C=O) groups excluding carboxylic acids is 1. The minimum absolute atomic E-state index is 0.174. The summed E-state index contributed by atoms with van der Waals surface area (Å²) < 4.78 is 5.49. The Bertz CT molecular complexity index is 390. The first-order valence-electron chi connectivity index (χ1n) is 5.77. The summed E-state index contributed by atoms with van der Waals surface area (Å²) in [5, 5.41) is 8.76. The zero-order valence-electron chi connectivity index (χ0n) is 10.3. The molecular formula is C14H18O3. The highest BCUT2D eigenvalue weighted by atomic mass is 16.5. The fraction of sp³-hybridized carbons (Fsp3) is 0.357. The molecule has 0 heterocycles. The summed E-state index contributed by atoms with van der Waals surface area (Å²) in [5.74, 6) is 0.591. The maximum absolute atomic E-state index is 11.7. The van der Waals surface area contributed by atoms with Crippen LogP contribution < -0.4 is 4.74 Å². The largest absolute Gasteiger partial charge is 0.515 e. The number of aliphatic hydroxyl groups excluding tert-OH is 1. The van der Waals surface area contributed by atoms with Crippen LogP contribution in [0.5, 0.6) is 5.75 Å². The van der Waals surface area contributed by atoms with E-state index in [1.807, 2.05) is 0 Å². The molecule has 0 amide bonds. The van der Waals surface area contributed by atoms with Crippen LogP contribution in [0.25, 0.3) is 0 Å². The van der Waals surface area contributed by atoms with E-state index in [1.54, 1.807) is 31.2 Å². The van der Waals surface area contributed by atoms with Gasteiger partial charge in [0.05, 0.1) is 12.9 Å². The predicted octanol–water partition coefficient (Wildman–Crippen LogP) is 3.51. The monoisotopic (exact) mass is 234 g/mol. The van der Waals surface area contributed by atoms with Crippen molar-refractivity contribution < 1.29 is 14.6 Å². The lowest BCUT2D eigenvalue weighted by molar-refractivity contribution is 0.103. The first-order chi connectivity index (χ1) is 8.19. The Labute approximate surface area is 102 Å². The van der Waals surface area contributed by atoms with E-state index >= 15 is 0 Å². The second-order valence-electron chi connectivity index (χ2n) is 3.87. The van der Waals surface area contributed by atoms with Crippen LogP contribution in [0.1, 0.15) is 37.0 Å². The smallest absolute Gasteiger partial charge is 0.191 e. The third-order valence-corrected chi connectivity index (χ3v) is 2.43. The molecule has 3 heteroatoms. The molecule has 0 radical (unpaired) electrons. The molecule has 0 saturated carbocycles. The van der Waals surface area contributed by atoms with E-state index in [0.717, 1.165) is 24.9 Å². The van der Waals surface area contributed by atoms with Crippen LogP contribution in [0, 0.1) is 0 Å². The van der Waals surface area contributed by atoms with Gasteiger partial charge in [-0.25, -0.2) is 0 Å². The standard InChI is InChI=1S/C14H18O3/c1-3-4-9-17-13-7-5-12(6-8-13)14(16)11(2)10-15/h5-8,10,15H,3-4,9H2,1-2H3/b11-10-. The summed E-state index contributed by atoms with van der Waals surface area (Å²) in [6.45, 7) is 4.38. The molecular weight excluding hydrogens is 216 g/mol. The molecule has 1 N–H and O–H groups in total. The van der Waals surface area contributed by atoms with E-state index in [4.69, 9.17) is 9.84 Å². The molecule has 1 aromatic carbocycles. The average Bonchev–Trinajstić information content (AvgIpc) is 2.38. The van der Waals surface area contributed by atoms with Crippen molar-refractivity contribution in [1.82, 2.24) is 0 Å². The van der Waals surface area contributed by atoms with Crippen molar-refractivity contribution in [2.24, 2.45) is 0 Å². The molecule has 92 valence electrons. The van der Waals surface area contributed by atoms with Crippen LogP contribution in [0.4, 0.5) is 0 Å². The second-order valence-corrected chi connectivity index (χ2v) is 3.87. The van der Waals surface area contributed by atoms with Gasteiger partial charge in [0.25, 0.3) is 0 Å². The Morgan fingerprint density at radius 1 is 1.35 bits per heavy atom. The second kappa shape index (κ2) is 6.74. The van der Waals surface area contributed by atoms with E-state index in [1.165, 1.54) is 0 Å². The van der Waals surface area contributed by atoms with Crippen molar-refractivity contribution in [2.75, 3.05) is 6.61 Å². The Balaban J connectivity index is 2.65. The summed E-state index contributed by atoms with van der Waals surface area (Å²) in [7, 11) is 0.